The summed E-state index contributed by atoms with van der Waals surface area (Å²) in [6.07, 6.45) is 5.40. The second-order valence-corrected chi connectivity index (χ2v) is 10.8. The van der Waals surface area contributed by atoms with E-state index in [9.17, 15) is 13.6 Å². The number of carbonyl (C=O) groups excluding carboxylic acids is 1. The van der Waals surface area contributed by atoms with Crippen LogP contribution in [-0.2, 0) is 17.8 Å². The molecule has 2 aromatic rings. The molecule has 2 aromatic carbocycles. The van der Waals surface area contributed by atoms with Gasteiger partial charge in [0, 0.05) is 43.1 Å². The maximum Gasteiger partial charge on any atom is 0.223 e. The van der Waals surface area contributed by atoms with Crippen LogP contribution in [0.1, 0.15) is 54.8 Å². The van der Waals surface area contributed by atoms with E-state index in [0.717, 1.165) is 57.4 Å². The van der Waals surface area contributed by atoms with Crippen molar-refractivity contribution in [2.75, 3.05) is 19.7 Å². The smallest absolute Gasteiger partial charge is 0.223 e. The third-order valence-corrected chi connectivity index (χ3v) is 8.49. The van der Waals surface area contributed by atoms with E-state index in [-0.39, 0.29) is 36.0 Å². The van der Waals surface area contributed by atoms with E-state index in [1.165, 1.54) is 29.3 Å². The number of benzene rings is 2. The van der Waals surface area contributed by atoms with Crippen molar-refractivity contribution in [3.8, 4) is 5.75 Å². The van der Waals surface area contributed by atoms with Gasteiger partial charge in [0.1, 0.15) is 17.4 Å². The van der Waals surface area contributed by atoms with E-state index in [1.807, 2.05) is 4.90 Å². The number of piperidine rings is 1. The van der Waals surface area contributed by atoms with Gasteiger partial charge in [0.05, 0.1) is 12.6 Å². The van der Waals surface area contributed by atoms with Crippen molar-refractivity contribution in [2.45, 2.75) is 63.2 Å². The first kappa shape index (κ1) is 23.8. The van der Waals surface area contributed by atoms with Crippen molar-refractivity contribution in [3.05, 3.63) is 64.7 Å². The fourth-order valence-electron chi connectivity index (χ4n) is 6.57. The topological polar surface area (TPSA) is 65.6 Å². The Hall–Kier alpha value is -2.55. The summed E-state index contributed by atoms with van der Waals surface area (Å²) in [5.41, 5.74) is 9.59. The maximum atomic E-state index is 14.1. The lowest BCUT2D eigenvalue weighted by atomic mass is 9.74. The monoisotopic (exact) mass is 496 g/mol. The highest BCUT2D eigenvalue weighted by atomic mass is 19.1. The number of hydrazine groups is 1. The summed E-state index contributed by atoms with van der Waals surface area (Å²) in [6, 6.07) is 11.0. The largest absolute Gasteiger partial charge is 0.493 e. The summed E-state index contributed by atoms with van der Waals surface area (Å²) >= 11 is 0. The number of hydrogen-bond acceptors (Lipinski definition) is 5. The van der Waals surface area contributed by atoms with Crippen molar-refractivity contribution in [2.24, 2.45) is 11.8 Å². The number of hydrogen-bond donors (Lipinski definition) is 3. The van der Waals surface area contributed by atoms with Gasteiger partial charge in [0.2, 0.25) is 5.91 Å². The molecule has 3 aliphatic heterocycles. The van der Waals surface area contributed by atoms with E-state index in [2.05, 4.69) is 34.4 Å². The molecule has 3 heterocycles. The Balaban J connectivity index is 1.07. The average Bonchev–Trinajstić information content (AvgIpc) is 3.52. The van der Waals surface area contributed by atoms with Gasteiger partial charge in [0.25, 0.3) is 0 Å². The second-order valence-electron chi connectivity index (χ2n) is 10.8. The fourth-order valence-corrected chi connectivity index (χ4v) is 6.57. The highest BCUT2D eigenvalue weighted by Crippen LogP contribution is 2.41. The summed E-state index contributed by atoms with van der Waals surface area (Å²) in [6.45, 7) is 2.36. The van der Waals surface area contributed by atoms with E-state index >= 15 is 0 Å². The standard InChI is InChI=1S/C28H34F2N4O2/c29-23-4-1-5-24(30)22(23)16-34-11-2-3-20(15-34)31-28(35)19-6-8-25-21(14-19)27(33-32-25)18-7-9-26-17(13-18)10-12-36-26/h1,4-5,7,9,13,19-21,25,27,32-33H,2-3,6,8,10-12,14-16H2,(H,31,35)/t19?,20-,21?,25?,27?/m1/s1. The number of likely N-dealkylation sites (tertiary alicyclic amines) is 1. The Bertz CT molecular complexity index is 1110. The number of nitrogens with zero attached hydrogens (tertiary/aromatic N) is 1. The first-order valence-corrected chi connectivity index (χ1v) is 13.3. The summed E-state index contributed by atoms with van der Waals surface area (Å²) in [5.74, 6) is 0.408. The van der Waals surface area contributed by atoms with Crippen molar-refractivity contribution < 1.29 is 18.3 Å². The molecule has 3 fully saturated rings. The Labute approximate surface area is 210 Å². The highest BCUT2D eigenvalue weighted by molar-refractivity contribution is 5.79. The number of amides is 1. The molecule has 5 atom stereocenters. The van der Waals surface area contributed by atoms with Gasteiger partial charge in [-0.2, -0.15) is 0 Å². The molecular weight excluding hydrogens is 462 g/mol. The Morgan fingerprint density at radius 3 is 2.83 bits per heavy atom. The number of ether oxygens (including phenoxy) is 1. The van der Waals surface area contributed by atoms with E-state index in [1.54, 1.807) is 0 Å². The van der Waals surface area contributed by atoms with Crippen LogP contribution in [0.3, 0.4) is 0 Å². The lowest BCUT2D eigenvalue weighted by Crippen LogP contribution is -2.50. The third kappa shape index (κ3) is 4.74. The summed E-state index contributed by atoms with van der Waals surface area (Å²) in [5, 5.41) is 3.28. The molecule has 1 saturated carbocycles. The van der Waals surface area contributed by atoms with Crippen LogP contribution in [0, 0.1) is 23.5 Å². The molecule has 0 radical (unpaired) electrons. The van der Waals surface area contributed by atoms with Crippen LogP contribution in [-0.4, -0.2) is 42.6 Å². The van der Waals surface area contributed by atoms with Crippen LogP contribution in [0.15, 0.2) is 36.4 Å². The molecule has 4 aliphatic rings. The molecule has 192 valence electrons. The molecule has 3 N–H and O–H groups in total. The average molecular weight is 497 g/mol. The van der Waals surface area contributed by atoms with Gasteiger partial charge >= 0.3 is 0 Å². The van der Waals surface area contributed by atoms with Crippen molar-refractivity contribution in [1.82, 2.24) is 21.1 Å². The van der Waals surface area contributed by atoms with Crippen LogP contribution < -0.4 is 20.9 Å². The number of rotatable bonds is 5. The van der Waals surface area contributed by atoms with E-state index < -0.39 is 11.6 Å². The van der Waals surface area contributed by atoms with Gasteiger partial charge in [-0.05, 0) is 73.9 Å². The molecule has 0 aromatic heterocycles. The van der Waals surface area contributed by atoms with Gasteiger partial charge in [-0.15, -0.1) is 0 Å². The minimum atomic E-state index is -0.512. The zero-order valence-corrected chi connectivity index (χ0v) is 20.4. The molecule has 1 aliphatic carbocycles. The van der Waals surface area contributed by atoms with Crippen LogP contribution in [0.2, 0.25) is 0 Å². The van der Waals surface area contributed by atoms with Crippen molar-refractivity contribution >= 4 is 5.91 Å². The minimum Gasteiger partial charge on any atom is -0.493 e. The van der Waals surface area contributed by atoms with Gasteiger partial charge in [-0.3, -0.25) is 15.1 Å². The van der Waals surface area contributed by atoms with Gasteiger partial charge < -0.3 is 10.1 Å². The maximum absolute atomic E-state index is 14.1. The van der Waals surface area contributed by atoms with Gasteiger partial charge in [0.15, 0.2) is 0 Å². The predicted octanol–water partition coefficient (Wildman–Crippen LogP) is 3.61. The first-order chi connectivity index (χ1) is 17.5. The van der Waals surface area contributed by atoms with Crippen LogP contribution in [0.25, 0.3) is 0 Å². The normalized spacial score (nSPS) is 29.9. The Kier molecular flexibility index (Phi) is 6.67. The third-order valence-electron chi connectivity index (χ3n) is 8.49. The number of nitrogens with one attached hydrogen (secondary N) is 3. The molecule has 0 spiro atoms. The number of halogens is 2. The quantitative estimate of drug-likeness (QED) is 0.590. The zero-order valence-electron chi connectivity index (χ0n) is 20.4. The molecule has 0 bridgehead atoms. The molecule has 2 saturated heterocycles. The lowest BCUT2D eigenvalue weighted by molar-refractivity contribution is -0.127. The molecule has 6 rings (SSSR count). The zero-order chi connectivity index (χ0) is 24.6. The van der Waals surface area contributed by atoms with Crippen molar-refractivity contribution in [1.29, 1.82) is 0 Å². The second kappa shape index (κ2) is 10.1. The highest BCUT2D eigenvalue weighted by Gasteiger charge is 2.43. The number of carbonyl (C=O) groups is 1. The van der Waals surface area contributed by atoms with Gasteiger partial charge in [-0.25, -0.2) is 14.2 Å². The van der Waals surface area contributed by atoms with Gasteiger partial charge in [-0.1, -0.05) is 18.2 Å². The molecular formula is C28H34F2N4O2. The molecule has 36 heavy (non-hydrogen) atoms. The molecule has 8 heteroatoms. The summed E-state index contributed by atoms with van der Waals surface area (Å²) in [4.78, 5) is 15.4. The minimum absolute atomic E-state index is 0.00569. The molecule has 1 amide bonds. The van der Waals surface area contributed by atoms with E-state index in [0.29, 0.717) is 18.5 Å². The Morgan fingerprint density at radius 2 is 1.97 bits per heavy atom. The Morgan fingerprint density at radius 1 is 1.11 bits per heavy atom. The SMILES string of the molecule is O=C(N[C@@H]1CCCN(Cc2c(F)cccc2F)C1)C1CCC2NNC(c3ccc4c(c3)CCO4)C2C1. The van der Waals surface area contributed by atoms with Crippen LogP contribution in [0.4, 0.5) is 8.78 Å². The van der Waals surface area contributed by atoms with Crippen LogP contribution in [0.5, 0.6) is 5.75 Å². The van der Waals surface area contributed by atoms with Crippen molar-refractivity contribution in [3.63, 3.8) is 0 Å². The molecule has 4 unspecified atom stereocenters. The molecule has 6 nitrogen and oxygen atoms in total. The van der Waals surface area contributed by atoms with E-state index in [4.69, 9.17) is 4.74 Å². The predicted molar refractivity (Wildman–Crippen MR) is 132 cm³/mol. The fraction of sp³-hybridized carbons (Fsp3) is 0.536. The number of fused-ring (bicyclic) bond motifs is 2. The summed E-state index contributed by atoms with van der Waals surface area (Å²) in [7, 11) is 0. The lowest BCUT2D eigenvalue weighted by Gasteiger charge is -2.36. The summed E-state index contributed by atoms with van der Waals surface area (Å²) < 4.78 is 33.9. The van der Waals surface area contributed by atoms with Crippen LogP contribution >= 0.6 is 0 Å². The first-order valence-electron chi connectivity index (χ1n) is 13.3.